The van der Waals surface area contributed by atoms with Crippen molar-refractivity contribution in [3.8, 4) is 0 Å². The number of benzene rings is 1. The van der Waals surface area contributed by atoms with Gasteiger partial charge in [-0.1, -0.05) is 36.8 Å². The number of aliphatic carboxylic acids is 1. The van der Waals surface area contributed by atoms with Crippen LogP contribution in [0.3, 0.4) is 0 Å². The van der Waals surface area contributed by atoms with Crippen LogP contribution in [-0.2, 0) is 17.8 Å². The molecule has 1 atom stereocenters. The summed E-state index contributed by atoms with van der Waals surface area (Å²) in [5, 5.41) is 20.5. The average Bonchev–Trinajstić information content (AvgIpc) is 2.83. The summed E-state index contributed by atoms with van der Waals surface area (Å²) >= 11 is 0. The van der Waals surface area contributed by atoms with Crippen LogP contribution in [0, 0.1) is 12.8 Å². The number of tetrazole rings is 1. The van der Waals surface area contributed by atoms with E-state index in [0.717, 1.165) is 11.4 Å². The highest BCUT2D eigenvalue weighted by Gasteiger charge is 2.13. The number of carbonyl (C=O) groups is 1. The maximum Gasteiger partial charge on any atom is 0.306 e. The number of carboxylic acid groups (broad SMARTS) is 1. The minimum Gasteiger partial charge on any atom is -0.481 e. The zero-order valence-electron chi connectivity index (χ0n) is 11.7. The third-order valence-corrected chi connectivity index (χ3v) is 3.25. The molecule has 0 radical (unpaired) electrons. The van der Waals surface area contributed by atoms with Gasteiger partial charge in [0.15, 0.2) is 5.82 Å². The molecule has 0 aliphatic heterocycles. The van der Waals surface area contributed by atoms with Gasteiger partial charge in [-0.05, 0) is 29.3 Å². The molecule has 1 aromatic carbocycles. The van der Waals surface area contributed by atoms with Gasteiger partial charge in [0.05, 0.1) is 5.92 Å². The van der Waals surface area contributed by atoms with Gasteiger partial charge < -0.3 is 5.11 Å². The largest absolute Gasteiger partial charge is 0.481 e. The molecule has 20 heavy (non-hydrogen) atoms. The highest BCUT2D eigenvalue weighted by Crippen LogP contribution is 2.10. The minimum absolute atomic E-state index is 0.397. The molecule has 6 nitrogen and oxygen atoms in total. The van der Waals surface area contributed by atoms with E-state index in [4.69, 9.17) is 5.11 Å². The summed E-state index contributed by atoms with van der Waals surface area (Å²) in [6.45, 7) is 4.25. The van der Waals surface area contributed by atoms with E-state index in [1.807, 2.05) is 25.1 Å². The minimum atomic E-state index is -0.793. The van der Waals surface area contributed by atoms with Crippen LogP contribution in [0.25, 0.3) is 0 Å². The summed E-state index contributed by atoms with van der Waals surface area (Å²) in [7, 11) is 0. The van der Waals surface area contributed by atoms with Crippen molar-refractivity contribution in [2.75, 3.05) is 0 Å². The van der Waals surface area contributed by atoms with Crippen LogP contribution in [0.5, 0.6) is 0 Å². The Kier molecular flexibility index (Phi) is 4.45. The molecule has 0 spiro atoms. The predicted octanol–water partition coefficient (Wildman–Crippen LogP) is 1.68. The molecule has 1 heterocycles. The van der Waals surface area contributed by atoms with Crippen molar-refractivity contribution >= 4 is 5.97 Å². The van der Waals surface area contributed by atoms with Gasteiger partial charge in [0, 0.05) is 13.0 Å². The molecule has 0 fully saturated rings. The van der Waals surface area contributed by atoms with Crippen LogP contribution in [-0.4, -0.2) is 31.3 Å². The van der Waals surface area contributed by atoms with Crippen LogP contribution < -0.4 is 0 Å². The molecule has 0 saturated heterocycles. The summed E-state index contributed by atoms with van der Waals surface area (Å²) < 4.78 is 1.68. The van der Waals surface area contributed by atoms with E-state index in [1.54, 1.807) is 11.6 Å². The molecule has 2 aromatic rings. The smallest absolute Gasteiger partial charge is 0.306 e. The van der Waals surface area contributed by atoms with Gasteiger partial charge in [-0.3, -0.25) is 4.79 Å². The van der Waals surface area contributed by atoms with Crippen molar-refractivity contribution in [3.05, 3.63) is 41.2 Å². The summed E-state index contributed by atoms with van der Waals surface area (Å²) in [4.78, 5) is 10.8. The molecule has 106 valence electrons. The van der Waals surface area contributed by atoms with Crippen LogP contribution in [0.15, 0.2) is 24.3 Å². The highest BCUT2D eigenvalue weighted by atomic mass is 16.4. The molecule has 0 aliphatic carbocycles. The Labute approximate surface area is 117 Å². The SMILES string of the molecule is Cc1cccc(Cc2nnnn2CCC(C)C(=O)O)c1. The molecular weight excluding hydrogens is 256 g/mol. The lowest BCUT2D eigenvalue weighted by molar-refractivity contribution is -0.141. The Morgan fingerprint density at radius 3 is 2.95 bits per heavy atom. The molecular formula is C14H18N4O2. The summed E-state index contributed by atoms with van der Waals surface area (Å²) in [6, 6.07) is 8.18. The van der Waals surface area contributed by atoms with Crippen molar-refractivity contribution in [3.63, 3.8) is 0 Å². The normalized spacial score (nSPS) is 12.3. The molecule has 1 N–H and O–H groups in total. The maximum atomic E-state index is 10.8. The molecule has 6 heteroatoms. The Bertz CT molecular complexity index is 594. The zero-order valence-corrected chi connectivity index (χ0v) is 11.7. The predicted molar refractivity (Wildman–Crippen MR) is 73.2 cm³/mol. The number of hydrogen-bond acceptors (Lipinski definition) is 4. The van der Waals surface area contributed by atoms with E-state index in [9.17, 15) is 4.79 Å². The van der Waals surface area contributed by atoms with E-state index < -0.39 is 11.9 Å². The number of nitrogens with zero attached hydrogens (tertiary/aromatic N) is 4. The van der Waals surface area contributed by atoms with Crippen LogP contribution in [0.4, 0.5) is 0 Å². The summed E-state index contributed by atoms with van der Waals surface area (Å²) in [5.41, 5.74) is 2.34. The monoisotopic (exact) mass is 274 g/mol. The third-order valence-electron chi connectivity index (χ3n) is 3.25. The lowest BCUT2D eigenvalue weighted by Gasteiger charge is -2.07. The zero-order chi connectivity index (χ0) is 14.5. The topological polar surface area (TPSA) is 80.9 Å². The quantitative estimate of drug-likeness (QED) is 0.866. The van der Waals surface area contributed by atoms with E-state index in [1.165, 1.54) is 5.56 Å². The number of hydrogen-bond donors (Lipinski definition) is 1. The van der Waals surface area contributed by atoms with E-state index in [2.05, 4.69) is 21.6 Å². The van der Waals surface area contributed by atoms with Crippen molar-refractivity contribution in [1.29, 1.82) is 0 Å². The van der Waals surface area contributed by atoms with Crippen LogP contribution >= 0.6 is 0 Å². The second-order valence-corrected chi connectivity index (χ2v) is 5.01. The van der Waals surface area contributed by atoms with Crippen LogP contribution in [0.2, 0.25) is 0 Å². The van der Waals surface area contributed by atoms with Gasteiger partial charge in [0.1, 0.15) is 0 Å². The van der Waals surface area contributed by atoms with E-state index in [0.29, 0.717) is 19.4 Å². The Morgan fingerprint density at radius 1 is 1.45 bits per heavy atom. The lowest BCUT2D eigenvalue weighted by Crippen LogP contribution is -2.15. The molecule has 0 amide bonds. The summed E-state index contributed by atoms with van der Waals surface area (Å²) in [6.07, 6.45) is 1.16. The third kappa shape index (κ3) is 3.63. The fourth-order valence-corrected chi connectivity index (χ4v) is 1.97. The first-order valence-corrected chi connectivity index (χ1v) is 6.59. The first-order chi connectivity index (χ1) is 9.56. The number of rotatable bonds is 6. The van der Waals surface area contributed by atoms with E-state index >= 15 is 0 Å². The molecule has 0 aliphatic rings. The number of carboxylic acids is 1. The Balaban J connectivity index is 2.03. The van der Waals surface area contributed by atoms with Gasteiger partial charge in [-0.15, -0.1) is 5.10 Å². The lowest BCUT2D eigenvalue weighted by atomic mass is 10.1. The fourth-order valence-electron chi connectivity index (χ4n) is 1.97. The van der Waals surface area contributed by atoms with Gasteiger partial charge >= 0.3 is 5.97 Å². The highest BCUT2D eigenvalue weighted by molar-refractivity contribution is 5.69. The Morgan fingerprint density at radius 2 is 2.25 bits per heavy atom. The van der Waals surface area contributed by atoms with Gasteiger partial charge in [0.25, 0.3) is 0 Å². The second kappa shape index (κ2) is 6.27. The molecule has 1 unspecified atom stereocenters. The van der Waals surface area contributed by atoms with Crippen molar-refractivity contribution in [2.45, 2.75) is 33.2 Å². The van der Waals surface area contributed by atoms with Gasteiger partial charge in [-0.25, -0.2) is 4.68 Å². The molecule has 0 saturated carbocycles. The summed E-state index contributed by atoms with van der Waals surface area (Å²) in [5.74, 6) is -0.433. The standard InChI is InChI=1S/C14H18N4O2/c1-10-4-3-5-12(8-10)9-13-15-16-17-18(13)7-6-11(2)14(19)20/h3-5,8,11H,6-7,9H2,1-2H3,(H,19,20). The van der Waals surface area contributed by atoms with Crippen molar-refractivity contribution in [1.82, 2.24) is 20.2 Å². The van der Waals surface area contributed by atoms with Crippen molar-refractivity contribution < 1.29 is 9.90 Å². The molecule has 0 bridgehead atoms. The molecule has 2 rings (SSSR count). The van der Waals surface area contributed by atoms with E-state index in [-0.39, 0.29) is 0 Å². The second-order valence-electron chi connectivity index (χ2n) is 5.01. The Hall–Kier alpha value is -2.24. The van der Waals surface area contributed by atoms with Gasteiger partial charge in [-0.2, -0.15) is 0 Å². The number of aromatic nitrogens is 4. The maximum absolute atomic E-state index is 10.8. The van der Waals surface area contributed by atoms with Crippen molar-refractivity contribution in [2.24, 2.45) is 5.92 Å². The molecule has 1 aromatic heterocycles. The van der Waals surface area contributed by atoms with Crippen LogP contribution in [0.1, 0.15) is 30.3 Å². The average molecular weight is 274 g/mol. The number of aryl methyl sites for hydroxylation is 2. The fraction of sp³-hybridized carbons (Fsp3) is 0.429. The first-order valence-electron chi connectivity index (χ1n) is 6.59. The first kappa shape index (κ1) is 14.2. The van der Waals surface area contributed by atoms with Gasteiger partial charge in [0.2, 0.25) is 0 Å².